The van der Waals surface area contributed by atoms with Crippen molar-refractivity contribution in [1.29, 1.82) is 0 Å². The van der Waals surface area contributed by atoms with Crippen LogP contribution in [0.25, 0.3) is 0 Å². The summed E-state index contributed by atoms with van der Waals surface area (Å²) in [5, 5.41) is 5.60. The number of nitrogens with one attached hydrogen (secondary N) is 1. The lowest BCUT2D eigenvalue weighted by atomic mass is 9.86. The Morgan fingerprint density at radius 2 is 2.09 bits per heavy atom. The molecule has 5 heteroatoms. The van der Waals surface area contributed by atoms with E-state index in [-0.39, 0.29) is 5.92 Å². The van der Waals surface area contributed by atoms with Gasteiger partial charge >= 0.3 is 0 Å². The summed E-state index contributed by atoms with van der Waals surface area (Å²) in [6.07, 6.45) is 4.63. The normalized spacial score (nSPS) is 29.5. The van der Waals surface area contributed by atoms with Gasteiger partial charge in [-0.3, -0.25) is 9.69 Å². The van der Waals surface area contributed by atoms with E-state index in [0.717, 1.165) is 52.1 Å². The third-order valence-corrected chi connectivity index (χ3v) is 6.52. The van der Waals surface area contributed by atoms with Crippen molar-refractivity contribution >= 4 is 17.2 Å². The Morgan fingerprint density at radius 3 is 2.86 bits per heavy atom. The van der Waals surface area contributed by atoms with E-state index >= 15 is 0 Å². The van der Waals surface area contributed by atoms with Gasteiger partial charge in [-0.05, 0) is 49.2 Å². The van der Waals surface area contributed by atoms with Gasteiger partial charge in [0.25, 0.3) is 0 Å². The maximum absolute atomic E-state index is 12.9. The number of hydrogen-bond donors (Lipinski definition) is 1. The van der Waals surface area contributed by atoms with Crippen molar-refractivity contribution in [2.75, 3.05) is 39.3 Å². The van der Waals surface area contributed by atoms with Gasteiger partial charge in [0.1, 0.15) is 0 Å². The topological polar surface area (TPSA) is 35.6 Å². The summed E-state index contributed by atoms with van der Waals surface area (Å²) in [7, 11) is 0. The SMILES string of the molecule is O=C(C1CCCc2sccc21)N1CCN(C2CCNC2)CC1. The van der Waals surface area contributed by atoms with Crippen LogP contribution < -0.4 is 5.32 Å². The molecular weight excluding hydrogens is 294 g/mol. The number of piperazine rings is 1. The molecule has 3 heterocycles. The average molecular weight is 319 g/mol. The molecule has 2 fully saturated rings. The summed E-state index contributed by atoms with van der Waals surface area (Å²) >= 11 is 1.82. The molecule has 22 heavy (non-hydrogen) atoms. The van der Waals surface area contributed by atoms with Gasteiger partial charge in [0.15, 0.2) is 0 Å². The Morgan fingerprint density at radius 1 is 1.23 bits per heavy atom. The molecule has 3 aliphatic rings. The van der Waals surface area contributed by atoms with Crippen molar-refractivity contribution in [3.63, 3.8) is 0 Å². The molecule has 0 aromatic carbocycles. The lowest BCUT2D eigenvalue weighted by molar-refractivity contribution is -0.135. The van der Waals surface area contributed by atoms with E-state index in [1.165, 1.54) is 23.3 Å². The van der Waals surface area contributed by atoms with Crippen LogP contribution in [0.1, 0.15) is 35.6 Å². The van der Waals surface area contributed by atoms with E-state index in [4.69, 9.17) is 0 Å². The van der Waals surface area contributed by atoms with E-state index in [9.17, 15) is 4.79 Å². The van der Waals surface area contributed by atoms with Crippen LogP contribution in [0.2, 0.25) is 0 Å². The molecule has 1 aromatic heterocycles. The van der Waals surface area contributed by atoms with E-state index in [0.29, 0.717) is 11.9 Å². The van der Waals surface area contributed by atoms with Crippen LogP contribution in [0, 0.1) is 0 Å². The fourth-order valence-electron chi connectivity index (χ4n) is 4.22. The third kappa shape index (κ3) is 2.70. The summed E-state index contributed by atoms with van der Waals surface area (Å²) in [6, 6.07) is 2.87. The number of carbonyl (C=O) groups excluding carboxylic acids is 1. The minimum atomic E-state index is 0.134. The lowest BCUT2D eigenvalue weighted by Crippen LogP contribution is -2.53. The summed E-state index contributed by atoms with van der Waals surface area (Å²) in [5.74, 6) is 0.512. The molecule has 1 aromatic rings. The van der Waals surface area contributed by atoms with Gasteiger partial charge in [0.05, 0.1) is 5.92 Å². The fourth-order valence-corrected chi connectivity index (χ4v) is 5.21. The van der Waals surface area contributed by atoms with E-state index < -0.39 is 0 Å². The molecule has 2 saturated heterocycles. The Balaban J connectivity index is 1.39. The Bertz CT molecular complexity index is 530. The Labute approximate surface area is 136 Å². The number of hydrogen-bond acceptors (Lipinski definition) is 4. The second-order valence-electron chi connectivity index (χ2n) is 6.75. The van der Waals surface area contributed by atoms with Crippen LogP contribution in [0.5, 0.6) is 0 Å². The van der Waals surface area contributed by atoms with Crippen LogP contribution in [0.4, 0.5) is 0 Å². The number of fused-ring (bicyclic) bond motifs is 1. The first-order chi connectivity index (χ1) is 10.8. The second kappa shape index (κ2) is 6.30. The fraction of sp³-hybridized carbons (Fsp3) is 0.706. The molecule has 1 amide bonds. The number of carbonyl (C=O) groups is 1. The molecule has 120 valence electrons. The number of nitrogens with zero attached hydrogens (tertiary/aromatic N) is 2. The number of amides is 1. The largest absolute Gasteiger partial charge is 0.340 e. The minimum absolute atomic E-state index is 0.134. The lowest BCUT2D eigenvalue weighted by Gasteiger charge is -2.39. The monoisotopic (exact) mass is 319 g/mol. The summed E-state index contributed by atoms with van der Waals surface area (Å²) < 4.78 is 0. The van der Waals surface area contributed by atoms with Gasteiger partial charge in [0, 0.05) is 43.6 Å². The molecule has 0 saturated carbocycles. The van der Waals surface area contributed by atoms with Crippen molar-refractivity contribution in [3.8, 4) is 0 Å². The van der Waals surface area contributed by atoms with Gasteiger partial charge in [-0.15, -0.1) is 11.3 Å². The number of thiophene rings is 1. The molecule has 2 atom stereocenters. The molecule has 0 bridgehead atoms. The van der Waals surface area contributed by atoms with E-state index in [1.54, 1.807) is 0 Å². The molecule has 0 spiro atoms. The number of rotatable bonds is 2. The zero-order valence-corrected chi connectivity index (χ0v) is 13.9. The first-order valence-corrected chi connectivity index (χ1v) is 9.51. The standard InChI is InChI=1S/C17H25N3OS/c21-17(15-2-1-3-16-14(15)5-11-22-16)20-9-7-19(8-10-20)13-4-6-18-12-13/h5,11,13,15,18H,1-4,6-10,12H2. The maximum Gasteiger partial charge on any atom is 0.230 e. The van der Waals surface area contributed by atoms with Crippen molar-refractivity contribution in [3.05, 3.63) is 21.9 Å². The summed E-state index contributed by atoms with van der Waals surface area (Å²) in [6.45, 7) is 6.17. The van der Waals surface area contributed by atoms with Gasteiger partial charge in [-0.2, -0.15) is 0 Å². The van der Waals surface area contributed by atoms with Crippen molar-refractivity contribution in [2.24, 2.45) is 0 Å². The smallest absolute Gasteiger partial charge is 0.230 e. The third-order valence-electron chi connectivity index (χ3n) is 5.53. The summed E-state index contributed by atoms with van der Waals surface area (Å²) in [5.41, 5.74) is 1.32. The van der Waals surface area contributed by atoms with E-state index in [1.807, 2.05) is 11.3 Å². The predicted molar refractivity (Wildman–Crippen MR) is 89.4 cm³/mol. The summed E-state index contributed by atoms with van der Waals surface area (Å²) in [4.78, 5) is 19.1. The first kappa shape index (κ1) is 14.7. The van der Waals surface area contributed by atoms with Crippen molar-refractivity contribution in [2.45, 2.75) is 37.6 Å². The first-order valence-electron chi connectivity index (χ1n) is 8.63. The predicted octanol–water partition coefficient (Wildman–Crippen LogP) is 1.67. The highest BCUT2D eigenvalue weighted by molar-refractivity contribution is 7.10. The van der Waals surface area contributed by atoms with Gasteiger partial charge in [-0.25, -0.2) is 0 Å². The molecule has 0 radical (unpaired) electrons. The molecule has 4 rings (SSSR count). The zero-order chi connectivity index (χ0) is 14.9. The zero-order valence-electron chi connectivity index (χ0n) is 13.1. The van der Waals surface area contributed by atoms with Crippen LogP contribution in [0.15, 0.2) is 11.4 Å². The van der Waals surface area contributed by atoms with Crippen molar-refractivity contribution in [1.82, 2.24) is 15.1 Å². The minimum Gasteiger partial charge on any atom is -0.340 e. The maximum atomic E-state index is 12.9. The second-order valence-corrected chi connectivity index (χ2v) is 7.75. The molecular formula is C17H25N3OS. The highest BCUT2D eigenvalue weighted by Gasteiger charge is 2.33. The van der Waals surface area contributed by atoms with Crippen LogP contribution >= 0.6 is 11.3 Å². The van der Waals surface area contributed by atoms with Gasteiger partial charge in [-0.1, -0.05) is 0 Å². The molecule has 4 nitrogen and oxygen atoms in total. The Hall–Kier alpha value is -0.910. The highest BCUT2D eigenvalue weighted by atomic mass is 32.1. The average Bonchev–Trinajstić information content (AvgIpc) is 3.25. The quantitative estimate of drug-likeness (QED) is 0.901. The van der Waals surface area contributed by atoms with Gasteiger partial charge < -0.3 is 10.2 Å². The highest BCUT2D eigenvalue weighted by Crippen LogP contribution is 2.36. The van der Waals surface area contributed by atoms with E-state index in [2.05, 4.69) is 26.6 Å². The molecule has 1 aliphatic carbocycles. The number of aryl methyl sites for hydroxylation is 1. The van der Waals surface area contributed by atoms with Crippen LogP contribution in [-0.2, 0) is 11.2 Å². The molecule has 1 N–H and O–H groups in total. The molecule has 2 unspecified atom stereocenters. The Kier molecular flexibility index (Phi) is 4.20. The van der Waals surface area contributed by atoms with Gasteiger partial charge in [0.2, 0.25) is 5.91 Å². The van der Waals surface area contributed by atoms with Crippen molar-refractivity contribution < 1.29 is 4.79 Å². The van der Waals surface area contributed by atoms with Crippen LogP contribution in [-0.4, -0.2) is 61.0 Å². The molecule has 2 aliphatic heterocycles. The van der Waals surface area contributed by atoms with Crippen LogP contribution in [0.3, 0.4) is 0 Å².